The summed E-state index contributed by atoms with van der Waals surface area (Å²) < 4.78 is 0. The van der Waals surface area contributed by atoms with Crippen molar-refractivity contribution in [2.24, 2.45) is 0 Å². The summed E-state index contributed by atoms with van der Waals surface area (Å²) >= 11 is 0. The van der Waals surface area contributed by atoms with Crippen LogP contribution >= 0.6 is 0 Å². The van der Waals surface area contributed by atoms with Crippen molar-refractivity contribution in [2.45, 2.75) is 90.9 Å². The molecule has 0 saturated heterocycles. The molecule has 0 radical (unpaired) electrons. The fourth-order valence-corrected chi connectivity index (χ4v) is 2.60. The lowest BCUT2D eigenvalue weighted by Crippen LogP contribution is -2.09. The Morgan fingerprint density at radius 3 is 1.54 bits per heavy atom. The van der Waals surface area contributed by atoms with E-state index < -0.39 is 11.9 Å². The second-order valence-corrected chi connectivity index (χ2v) is 6.88. The SMILES string of the molecule is CCCCCCCC(=O)OOc1cccc(OOC(=O)CCCCCCC)c1. The van der Waals surface area contributed by atoms with Gasteiger partial charge in [0.15, 0.2) is 11.5 Å². The van der Waals surface area contributed by atoms with Crippen LogP contribution in [0, 0.1) is 0 Å². The highest BCUT2D eigenvalue weighted by molar-refractivity contribution is 5.69. The molecule has 158 valence electrons. The van der Waals surface area contributed by atoms with E-state index in [1.165, 1.54) is 31.7 Å². The Bertz CT molecular complexity index is 512. The number of carbonyl (C=O) groups excluding carboxylic acids is 2. The molecule has 0 unspecified atom stereocenters. The van der Waals surface area contributed by atoms with Crippen LogP contribution in [0.3, 0.4) is 0 Å². The average Bonchev–Trinajstić information content (AvgIpc) is 2.71. The highest BCUT2D eigenvalue weighted by Gasteiger charge is 2.08. The van der Waals surface area contributed by atoms with Gasteiger partial charge in [-0.1, -0.05) is 71.3 Å². The fraction of sp³-hybridized carbons (Fsp3) is 0.636. The molecule has 0 atom stereocenters. The minimum absolute atomic E-state index is 0.299. The zero-order valence-corrected chi connectivity index (χ0v) is 17.2. The van der Waals surface area contributed by atoms with E-state index in [1.54, 1.807) is 18.2 Å². The van der Waals surface area contributed by atoms with Gasteiger partial charge in [-0.05, 0) is 25.0 Å². The van der Waals surface area contributed by atoms with Crippen molar-refractivity contribution in [1.29, 1.82) is 0 Å². The first-order chi connectivity index (χ1) is 13.7. The van der Waals surface area contributed by atoms with E-state index in [2.05, 4.69) is 13.8 Å². The fourth-order valence-electron chi connectivity index (χ4n) is 2.60. The van der Waals surface area contributed by atoms with Gasteiger partial charge in [-0.15, -0.1) is 0 Å². The largest absolute Gasteiger partial charge is 0.355 e. The second-order valence-electron chi connectivity index (χ2n) is 6.88. The number of hydrogen-bond donors (Lipinski definition) is 0. The number of carbonyl (C=O) groups is 2. The topological polar surface area (TPSA) is 71.1 Å². The van der Waals surface area contributed by atoms with E-state index in [0.717, 1.165) is 38.5 Å². The summed E-state index contributed by atoms with van der Waals surface area (Å²) in [6.07, 6.45) is 11.2. The van der Waals surface area contributed by atoms with Gasteiger partial charge >= 0.3 is 11.9 Å². The van der Waals surface area contributed by atoms with Gasteiger partial charge in [0.2, 0.25) is 0 Å². The number of hydrogen-bond acceptors (Lipinski definition) is 6. The molecule has 0 fully saturated rings. The molecule has 0 saturated carbocycles. The second kappa shape index (κ2) is 15.8. The van der Waals surface area contributed by atoms with Crippen molar-refractivity contribution >= 4 is 11.9 Å². The third kappa shape index (κ3) is 12.2. The smallest absolute Gasteiger partial charge is 0.287 e. The summed E-state index contributed by atoms with van der Waals surface area (Å²) in [7, 11) is 0. The standard InChI is InChI=1S/C22H34O6/c1-3-5-7-9-11-16-21(23)27-25-19-14-13-15-20(18-19)26-28-22(24)17-12-10-8-6-4-2/h13-15,18H,3-12,16-17H2,1-2H3. The Hall–Kier alpha value is -2.24. The first-order valence-electron chi connectivity index (χ1n) is 10.5. The first-order valence-corrected chi connectivity index (χ1v) is 10.5. The van der Waals surface area contributed by atoms with Gasteiger partial charge in [-0.2, -0.15) is 0 Å². The van der Waals surface area contributed by atoms with Crippen LogP contribution in [0.25, 0.3) is 0 Å². The lowest BCUT2D eigenvalue weighted by atomic mass is 10.1. The Balaban J connectivity index is 2.22. The minimum atomic E-state index is -0.405. The molecule has 0 aliphatic rings. The van der Waals surface area contributed by atoms with Crippen molar-refractivity contribution in [3.63, 3.8) is 0 Å². The lowest BCUT2D eigenvalue weighted by molar-refractivity contribution is -0.216. The van der Waals surface area contributed by atoms with Crippen LogP contribution in [-0.4, -0.2) is 11.9 Å². The molecule has 28 heavy (non-hydrogen) atoms. The van der Waals surface area contributed by atoms with Crippen LogP contribution in [0.15, 0.2) is 24.3 Å². The third-order valence-corrected chi connectivity index (χ3v) is 4.24. The van der Waals surface area contributed by atoms with Gasteiger partial charge in [0.1, 0.15) is 0 Å². The summed E-state index contributed by atoms with van der Waals surface area (Å²) in [4.78, 5) is 43.0. The van der Waals surface area contributed by atoms with Gasteiger partial charge < -0.3 is 0 Å². The Labute approximate surface area is 168 Å². The van der Waals surface area contributed by atoms with E-state index in [1.807, 2.05) is 0 Å². The Morgan fingerprint density at radius 2 is 1.11 bits per heavy atom. The van der Waals surface area contributed by atoms with Crippen LogP contribution in [0.1, 0.15) is 90.9 Å². The number of benzene rings is 1. The summed E-state index contributed by atoms with van der Waals surface area (Å²) in [6.45, 7) is 4.30. The first kappa shape index (κ1) is 23.8. The summed E-state index contributed by atoms with van der Waals surface area (Å²) in [5.41, 5.74) is 0. The van der Waals surface area contributed by atoms with E-state index in [4.69, 9.17) is 19.6 Å². The molecule has 0 N–H and O–H groups in total. The molecule has 6 heteroatoms. The van der Waals surface area contributed by atoms with Gasteiger partial charge in [-0.3, -0.25) is 19.6 Å². The zero-order valence-electron chi connectivity index (χ0n) is 17.2. The lowest BCUT2D eigenvalue weighted by Gasteiger charge is -2.07. The Kier molecular flexibility index (Phi) is 13.4. The quantitative estimate of drug-likeness (QED) is 0.192. The van der Waals surface area contributed by atoms with Gasteiger partial charge in [0, 0.05) is 6.07 Å². The summed E-state index contributed by atoms with van der Waals surface area (Å²) in [6, 6.07) is 6.39. The molecular formula is C22H34O6. The van der Waals surface area contributed by atoms with Gasteiger partial charge in [0.25, 0.3) is 0 Å². The average molecular weight is 395 g/mol. The number of unbranched alkanes of at least 4 members (excludes halogenated alkanes) is 8. The van der Waals surface area contributed by atoms with E-state index >= 15 is 0 Å². The van der Waals surface area contributed by atoms with E-state index in [0.29, 0.717) is 24.3 Å². The maximum Gasteiger partial charge on any atom is 0.355 e. The maximum absolute atomic E-state index is 11.7. The molecule has 1 aromatic carbocycles. The van der Waals surface area contributed by atoms with E-state index in [-0.39, 0.29) is 0 Å². The molecule has 6 nitrogen and oxygen atoms in total. The van der Waals surface area contributed by atoms with Crippen LogP contribution in [0.5, 0.6) is 11.5 Å². The maximum atomic E-state index is 11.7. The normalized spacial score (nSPS) is 10.4. The van der Waals surface area contributed by atoms with Crippen molar-refractivity contribution in [3.05, 3.63) is 24.3 Å². The molecule has 0 aliphatic heterocycles. The molecule has 1 aromatic rings. The van der Waals surface area contributed by atoms with Crippen molar-refractivity contribution < 1.29 is 29.1 Å². The predicted octanol–water partition coefficient (Wildman–Crippen LogP) is 6.08. The predicted molar refractivity (Wildman–Crippen MR) is 107 cm³/mol. The highest BCUT2D eigenvalue weighted by atomic mass is 17.2. The molecule has 0 amide bonds. The molecule has 0 bridgehead atoms. The molecule has 0 heterocycles. The third-order valence-electron chi connectivity index (χ3n) is 4.24. The molecule has 1 rings (SSSR count). The van der Waals surface area contributed by atoms with Crippen LogP contribution < -0.4 is 9.78 Å². The molecular weight excluding hydrogens is 360 g/mol. The van der Waals surface area contributed by atoms with Gasteiger partial charge in [0.05, 0.1) is 12.8 Å². The van der Waals surface area contributed by atoms with Crippen molar-refractivity contribution in [3.8, 4) is 11.5 Å². The van der Waals surface area contributed by atoms with Crippen molar-refractivity contribution in [2.75, 3.05) is 0 Å². The highest BCUT2D eigenvalue weighted by Crippen LogP contribution is 2.20. The van der Waals surface area contributed by atoms with Crippen LogP contribution in [0.4, 0.5) is 0 Å². The molecule has 0 aliphatic carbocycles. The summed E-state index contributed by atoms with van der Waals surface area (Å²) in [5, 5.41) is 0. The van der Waals surface area contributed by atoms with Crippen molar-refractivity contribution in [1.82, 2.24) is 0 Å². The zero-order chi connectivity index (χ0) is 20.5. The molecule has 0 aromatic heterocycles. The Morgan fingerprint density at radius 1 is 0.679 bits per heavy atom. The summed E-state index contributed by atoms with van der Waals surface area (Å²) in [5.74, 6) is -0.213. The van der Waals surface area contributed by atoms with Crippen LogP contribution in [-0.2, 0) is 19.4 Å². The van der Waals surface area contributed by atoms with Crippen LogP contribution in [0.2, 0.25) is 0 Å². The molecule has 0 spiro atoms. The van der Waals surface area contributed by atoms with E-state index in [9.17, 15) is 9.59 Å². The number of rotatable bonds is 16. The minimum Gasteiger partial charge on any atom is -0.287 e. The monoisotopic (exact) mass is 394 g/mol. The van der Waals surface area contributed by atoms with Gasteiger partial charge in [-0.25, -0.2) is 9.59 Å².